The lowest BCUT2D eigenvalue weighted by atomic mass is 10.0. The Kier molecular flexibility index (Phi) is 3.22. The lowest BCUT2D eigenvalue weighted by molar-refractivity contribution is 0.756. The number of hydrogen-bond acceptors (Lipinski definition) is 4. The highest BCUT2D eigenvalue weighted by molar-refractivity contribution is 5.88. The summed E-state index contributed by atoms with van der Waals surface area (Å²) in [5.74, 6) is 0. The molecule has 1 aliphatic carbocycles. The third-order valence-electron chi connectivity index (χ3n) is 3.79. The fraction of sp³-hybridized carbons (Fsp3) is 0.312. The third kappa shape index (κ3) is 2.29. The number of nitrogens with zero attached hydrogens (tertiary/aromatic N) is 4. The third-order valence-corrected chi connectivity index (χ3v) is 3.79. The van der Waals surface area contributed by atoms with Gasteiger partial charge in [0.15, 0.2) is 0 Å². The second-order valence-electron chi connectivity index (χ2n) is 5.26. The van der Waals surface area contributed by atoms with Gasteiger partial charge >= 0.3 is 0 Å². The first-order chi connectivity index (χ1) is 10.1. The molecule has 0 saturated carbocycles. The molecule has 1 aliphatic rings. The van der Waals surface area contributed by atoms with Crippen LogP contribution in [0.3, 0.4) is 0 Å². The maximum Gasteiger partial charge on any atom is 0.0996 e. The van der Waals surface area contributed by atoms with Gasteiger partial charge in [0.05, 0.1) is 23.0 Å². The molecule has 1 N–H and O–H groups in total. The quantitative estimate of drug-likeness (QED) is 0.935. The lowest BCUT2D eigenvalue weighted by Crippen LogP contribution is -2.03. The van der Waals surface area contributed by atoms with Crippen LogP contribution < -0.4 is 5.32 Å². The fourth-order valence-corrected chi connectivity index (χ4v) is 2.81. The van der Waals surface area contributed by atoms with E-state index < -0.39 is 0 Å². The van der Waals surface area contributed by atoms with Gasteiger partial charge in [-0.15, -0.1) is 0 Å². The van der Waals surface area contributed by atoms with Crippen molar-refractivity contribution in [2.45, 2.75) is 19.8 Å². The van der Waals surface area contributed by atoms with E-state index in [1.54, 1.807) is 0 Å². The molecular formula is C16H17N5. The standard InChI is InChI=1S/C16H17N5/c1-10-12(9-21(3)20-10)6-13-7-15(18-2)16-11(8-17)4-5-14(16)19-13/h4,7,9H,5-6H2,1-3H3,(H,18,19). The van der Waals surface area contributed by atoms with Gasteiger partial charge in [0.1, 0.15) is 0 Å². The van der Waals surface area contributed by atoms with Gasteiger partial charge in [-0.05, 0) is 18.6 Å². The fourth-order valence-electron chi connectivity index (χ4n) is 2.81. The zero-order valence-electron chi connectivity index (χ0n) is 12.4. The van der Waals surface area contributed by atoms with E-state index in [1.807, 2.05) is 44.0 Å². The molecule has 2 aromatic heterocycles. The summed E-state index contributed by atoms with van der Waals surface area (Å²) in [6.45, 7) is 2.01. The minimum atomic E-state index is 0.714. The average Bonchev–Trinajstić information content (AvgIpc) is 3.01. The Morgan fingerprint density at radius 1 is 1.48 bits per heavy atom. The first-order valence-corrected chi connectivity index (χ1v) is 6.92. The van der Waals surface area contributed by atoms with Crippen molar-refractivity contribution in [2.75, 3.05) is 12.4 Å². The molecule has 0 atom stereocenters. The molecule has 21 heavy (non-hydrogen) atoms. The summed E-state index contributed by atoms with van der Waals surface area (Å²) in [7, 11) is 3.80. The second kappa shape index (κ2) is 5.06. The van der Waals surface area contributed by atoms with Crippen LogP contribution in [0, 0.1) is 18.3 Å². The number of aryl methyl sites for hydroxylation is 2. The van der Waals surface area contributed by atoms with Crippen molar-refractivity contribution in [3.8, 4) is 6.07 Å². The van der Waals surface area contributed by atoms with Crippen molar-refractivity contribution in [3.05, 3.63) is 46.5 Å². The van der Waals surface area contributed by atoms with Crippen LogP contribution in [0.1, 0.15) is 28.2 Å². The summed E-state index contributed by atoms with van der Waals surface area (Å²) in [6.07, 6.45) is 5.45. The normalized spacial score (nSPS) is 12.8. The minimum absolute atomic E-state index is 0.714. The largest absolute Gasteiger partial charge is 0.387 e. The summed E-state index contributed by atoms with van der Waals surface area (Å²) in [5, 5.41) is 16.7. The topological polar surface area (TPSA) is 66.5 Å². The van der Waals surface area contributed by atoms with Gasteiger partial charge in [0.25, 0.3) is 0 Å². The van der Waals surface area contributed by atoms with Gasteiger partial charge in [0, 0.05) is 50.1 Å². The predicted octanol–water partition coefficient (Wildman–Crippen LogP) is 2.22. The van der Waals surface area contributed by atoms with E-state index in [4.69, 9.17) is 4.98 Å². The number of aromatic nitrogens is 3. The predicted molar refractivity (Wildman–Crippen MR) is 81.8 cm³/mol. The molecule has 2 heterocycles. The molecule has 5 nitrogen and oxygen atoms in total. The van der Waals surface area contributed by atoms with Crippen LogP contribution in [-0.2, 0) is 19.9 Å². The van der Waals surface area contributed by atoms with E-state index in [1.165, 1.54) is 5.56 Å². The molecule has 0 aromatic carbocycles. The van der Waals surface area contributed by atoms with Crippen molar-refractivity contribution in [1.82, 2.24) is 14.8 Å². The van der Waals surface area contributed by atoms with E-state index in [0.29, 0.717) is 5.57 Å². The van der Waals surface area contributed by atoms with Crippen LogP contribution in [0.4, 0.5) is 5.69 Å². The maximum atomic E-state index is 9.19. The van der Waals surface area contributed by atoms with Crippen molar-refractivity contribution < 1.29 is 0 Å². The van der Waals surface area contributed by atoms with E-state index in [9.17, 15) is 5.26 Å². The molecule has 2 aromatic rings. The number of hydrogen-bond donors (Lipinski definition) is 1. The number of pyridine rings is 1. The molecule has 106 valence electrons. The number of nitrogens with one attached hydrogen (secondary N) is 1. The SMILES string of the molecule is CNc1cc(Cc2cn(C)nc2C)nc2c1C(C#N)=CC2. The Morgan fingerprint density at radius 2 is 2.29 bits per heavy atom. The molecule has 0 saturated heterocycles. The Morgan fingerprint density at radius 3 is 2.90 bits per heavy atom. The molecule has 5 heteroatoms. The van der Waals surface area contributed by atoms with Crippen molar-refractivity contribution in [3.63, 3.8) is 0 Å². The van der Waals surface area contributed by atoms with Crippen LogP contribution in [-0.4, -0.2) is 21.8 Å². The highest BCUT2D eigenvalue weighted by atomic mass is 15.2. The summed E-state index contributed by atoms with van der Waals surface area (Å²) < 4.78 is 1.83. The smallest absolute Gasteiger partial charge is 0.0996 e. The summed E-state index contributed by atoms with van der Waals surface area (Å²) in [6, 6.07) is 4.27. The summed E-state index contributed by atoms with van der Waals surface area (Å²) in [5.41, 5.74) is 6.83. The highest BCUT2D eigenvalue weighted by Gasteiger charge is 2.20. The van der Waals surface area contributed by atoms with E-state index in [0.717, 1.165) is 41.2 Å². The summed E-state index contributed by atoms with van der Waals surface area (Å²) >= 11 is 0. The van der Waals surface area contributed by atoms with Gasteiger partial charge in [-0.3, -0.25) is 9.67 Å². The first-order valence-electron chi connectivity index (χ1n) is 6.92. The van der Waals surface area contributed by atoms with Crippen molar-refractivity contribution >= 4 is 11.3 Å². The molecular weight excluding hydrogens is 262 g/mol. The van der Waals surface area contributed by atoms with Crippen molar-refractivity contribution in [1.29, 1.82) is 5.26 Å². The van der Waals surface area contributed by atoms with Crippen LogP contribution in [0.15, 0.2) is 18.3 Å². The zero-order valence-corrected chi connectivity index (χ0v) is 12.4. The lowest BCUT2D eigenvalue weighted by Gasteiger charge is -2.11. The molecule has 0 amide bonds. The van der Waals surface area contributed by atoms with E-state index in [-0.39, 0.29) is 0 Å². The van der Waals surface area contributed by atoms with E-state index in [2.05, 4.69) is 16.5 Å². The Bertz CT molecular complexity index is 777. The summed E-state index contributed by atoms with van der Waals surface area (Å²) in [4.78, 5) is 4.73. The molecule has 0 radical (unpaired) electrons. The van der Waals surface area contributed by atoms with E-state index >= 15 is 0 Å². The maximum absolute atomic E-state index is 9.19. The van der Waals surface area contributed by atoms with Crippen LogP contribution in [0.5, 0.6) is 0 Å². The highest BCUT2D eigenvalue weighted by Crippen LogP contribution is 2.33. The number of allylic oxidation sites excluding steroid dienone is 2. The molecule has 0 aliphatic heterocycles. The monoisotopic (exact) mass is 279 g/mol. The van der Waals surface area contributed by atoms with Gasteiger partial charge < -0.3 is 5.32 Å². The Balaban J connectivity index is 2.00. The van der Waals surface area contributed by atoms with Crippen LogP contribution >= 0.6 is 0 Å². The number of rotatable bonds is 3. The Labute approximate surface area is 123 Å². The number of nitriles is 1. The average molecular weight is 279 g/mol. The van der Waals surface area contributed by atoms with Crippen LogP contribution in [0.25, 0.3) is 5.57 Å². The van der Waals surface area contributed by atoms with Gasteiger partial charge in [-0.25, -0.2) is 0 Å². The molecule has 0 bridgehead atoms. The minimum Gasteiger partial charge on any atom is -0.387 e. The second-order valence-corrected chi connectivity index (χ2v) is 5.26. The molecule has 3 rings (SSSR count). The molecule has 0 fully saturated rings. The van der Waals surface area contributed by atoms with Gasteiger partial charge in [0.2, 0.25) is 0 Å². The first kappa shape index (κ1) is 13.4. The van der Waals surface area contributed by atoms with Gasteiger partial charge in [-0.1, -0.05) is 6.08 Å². The Hall–Kier alpha value is -2.61. The van der Waals surface area contributed by atoms with Crippen molar-refractivity contribution in [2.24, 2.45) is 7.05 Å². The van der Waals surface area contributed by atoms with Gasteiger partial charge in [-0.2, -0.15) is 10.4 Å². The number of fused-ring (bicyclic) bond motifs is 1. The number of anilines is 1. The zero-order chi connectivity index (χ0) is 15.0. The molecule has 0 unspecified atom stereocenters. The van der Waals surface area contributed by atoms with Crippen LogP contribution in [0.2, 0.25) is 0 Å². The molecule has 0 spiro atoms.